The minimum absolute atomic E-state index is 0.129. The van der Waals surface area contributed by atoms with Crippen molar-refractivity contribution in [1.82, 2.24) is 4.98 Å². The van der Waals surface area contributed by atoms with Crippen LogP contribution in [0.3, 0.4) is 0 Å². The molecule has 3 rings (SSSR count). The van der Waals surface area contributed by atoms with E-state index in [2.05, 4.69) is 4.98 Å². The Morgan fingerprint density at radius 2 is 1.79 bits per heavy atom. The molecule has 5 nitrogen and oxygen atoms in total. The molecule has 3 aromatic rings. The van der Waals surface area contributed by atoms with Crippen LogP contribution in [0.15, 0.2) is 58.5 Å². The summed E-state index contributed by atoms with van der Waals surface area (Å²) in [6.07, 6.45) is -4.18. The summed E-state index contributed by atoms with van der Waals surface area (Å²) in [6.45, 7) is 7.79. The van der Waals surface area contributed by atoms with Gasteiger partial charge in [0.05, 0.1) is 18.6 Å². The second-order valence-electron chi connectivity index (χ2n) is 7.80. The van der Waals surface area contributed by atoms with Gasteiger partial charge in [-0.1, -0.05) is 17.7 Å². The molecule has 0 fully saturated rings. The van der Waals surface area contributed by atoms with Gasteiger partial charge in [-0.3, -0.25) is 4.79 Å². The molecular weight excluding hydrogens is 447 g/mol. The molecule has 0 aliphatic rings. The lowest BCUT2D eigenvalue weighted by atomic mass is 10.0. The zero-order chi connectivity index (χ0) is 24.9. The van der Waals surface area contributed by atoms with E-state index in [1.165, 1.54) is 12.1 Å². The van der Waals surface area contributed by atoms with Crippen LogP contribution >= 0.6 is 0 Å². The molecule has 0 spiro atoms. The molecule has 2 aromatic carbocycles. The van der Waals surface area contributed by atoms with Gasteiger partial charge in [-0.05, 0) is 75.2 Å². The van der Waals surface area contributed by atoms with Crippen LogP contribution < -0.4 is 4.74 Å². The van der Waals surface area contributed by atoms with Gasteiger partial charge in [0.25, 0.3) is 0 Å². The topological polar surface area (TPSA) is 61.6 Å². The third kappa shape index (κ3) is 6.27. The van der Waals surface area contributed by atoms with Crippen LogP contribution in [0.1, 0.15) is 49.8 Å². The zero-order valence-electron chi connectivity index (χ0n) is 19.5. The number of halogens is 3. The quantitative estimate of drug-likeness (QED) is 0.330. The first-order valence-electron chi connectivity index (χ1n) is 10.8. The van der Waals surface area contributed by atoms with Crippen molar-refractivity contribution in [2.75, 3.05) is 6.61 Å². The lowest BCUT2D eigenvalue weighted by Gasteiger charge is -2.10. The fourth-order valence-corrected chi connectivity index (χ4v) is 3.27. The normalized spacial score (nSPS) is 12.3. The Kier molecular flexibility index (Phi) is 7.81. The van der Waals surface area contributed by atoms with Gasteiger partial charge < -0.3 is 13.9 Å². The lowest BCUT2D eigenvalue weighted by molar-refractivity contribution is -0.142. The molecule has 0 saturated carbocycles. The standard InChI is InChI=1S/C26H26F3NO4/c1-5-32-24(31)13-16(2)17(3)20-7-6-8-22(14-20)33-15-23-18(4)34-25(30-23)19-9-11-21(12-10-19)26(27,28)29/h6-12,14H,5,13,15H2,1-4H3/b17-16+. The van der Waals surface area contributed by atoms with Crippen molar-refractivity contribution in [3.05, 3.63) is 76.7 Å². The first-order valence-corrected chi connectivity index (χ1v) is 10.8. The molecule has 0 saturated heterocycles. The minimum atomic E-state index is -4.40. The summed E-state index contributed by atoms with van der Waals surface area (Å²) in [5.74, 6) is 1.09. The van der Waals surface area contributed by atoms with Crippen LogP contribution in [0.2, 0.25) is 0 Å². The Morgan fingerprint density at radius 1 is 1.09 bits per heavy atom. The van der Waals surface area contributed by atoms with Crippen LogP contribution in [0.5, 0.6) is 5.75 Å². The Balaban J connectivity index is 1.71. The maximum atomic E-state index is 12.8. The van der Waals surface area contributed by atoms with E-state index in [1.54, 1.807) is 13.8 Å². The predicted molar refractivity (Wildman–Crippen MR) is 122 cm³/mol. The molecule has 1 heterocycles. The van der Waals surface area contributed by atoms with E-state index in [-0.39, 0.29) is 24.9 Å². The number of hydrogen-bond donors (Lipinski definition) is 0. The number of ether oxygens (including phenoxy) is 2. The number of hydrogen-bond acceptors (Lipinski definition) is 5. The second kappa shape index (κ2) is 10.6. The Morgan fingerprint density at radius 3 is 2.44 bits per heavy atom. The largest absolute Gasteiger partial charge is 0.487 e. The van der Waals surface area contributed by atoms with Crippen LogP contribution in [0, 0.1) is 6.92 Å². The number of aryl methyl sites for hydroxylation is 1. The van der Waals surface area contributed by atoms with Crippen LogP contribution in [0.25, 0.3) is 17.0 Å². The number of rotatable bonds is 8. The highest BCUT2D eigenvalue weighted by molar-refractivity contribution is 5.77. The van der Waals surface area contributed by atoms with Crippen LogP contribution in [-0.2, 0) is 22.3 Å². The number of oxazole rings is 1. The van der Waals surface area contributed by atoms with Gasteiger partial charge in [-0.2, -0.15) is 13.2 Å². The highest BCUT2D eigenvalue weighted by Gasteiger charge is 2.30. The zero-order valence-corrected chi connectivity index (χ0v) is 19.5. The highest BCUT2D eigenvalue weighted by Crippen LogP contribution is 2.31. The average molecular weight is 473 g/mol. The van der Waals surface area contributed by atoms with E-state index < -0.39 is 11.7 Å². The summed E-state index contributed by atoms with van der Waals surface area (Å²) in [4.78, 5) is 16.2. The van der Waals surface area contributed by atoms with Crippen molar-refractivity contribution in [2.45, 2.75) is 46.9 Å². The SMILES string of the molecule is CCOC(=O)C/C(C)=C(\C)c1cccc(OCc2nc(-c3ccc(C(F)(F)F)cc3)oc2C)c1. The maximum Gasteiger partial charge on any atom is 0.416 e. The third-order valence-corrected chi connectivity index (χ3v) is 5.35. The van der Waals surface area contributed by atoms with Gasteiger partial charge in [0.15, 0.2) is 0 Å². The summed E-state index contributed by atoms with van der Waals surface area (Å²) in [5.41, 5.74) is 3.05. The number of aromatic nitrogens is 1. The molecule has 0 aliphatic carbocycles. The number of benzene rings is 2. The number of carbonyl (C=O) groups is 1. The summed E-state index contributed by atoms with van der Waals surface area (Å²) < 4.78 is 54.9. The van der Waals surface area contributed by atoms with E-state index >= 15 is 0 Å². The van der Waals surface area contributed by atoms with Crippen molar-refractivity contribution in [1.29, 1.82) is 0 Å². The third-order valence-electron chi connectivity index (χ3n) is 5.35. The summed E-state index contributed by atoms with van der Waals surface area (Å²) in [6, 6.07) is 12.1. The van der Waals surface area contributed by atoms with E-state index in [0.29, 0.717) is 29.4 Å². The molecule has 0 amide bonds. The number of esters is 1. The fourth-order valence-electron chi connectivity index (χ4n) is 3.27. The van der Waals surface area contributed by atoms with Crippen molar-refractivity contribution < 1.29 is 31.9 Å². The second-order valence-corrected chi connectivity index (χ2v) is 7.80. The van der Waals surface area contributed by atoms with E-state index in [1.807, 2.05) is 38.1 Å². The molecule has 0 N–H and O–H groups in total. The Hall–Kier alpha value is -3.55. The molecular formula is C26H26F3NO4. The van der Waals surface area contributed by atoms with E-state index in [9.17, 15) is 18.0 Å². The van der Waals surface area contributed by atoms with Gasteiger partial charge >= 0.3 is 12.1 Å². The number of alkyl halides is 3. The molecule has 8 heteroatoms. The molecule has 0 atom stereocenters. The van der Waals surface area contributed by atoms with Crippen molar-refractivity contribution in [3.8, 4) is 17.2 Å². The van der Waals surface area contributed by atoms with Crippen molar-refractivity contribution >= 4 is 11.5 Å². The van der Waals surface area contributed by atoms with Gasteiger partial charge in [-0.25, -0.2) is 4.98 Å². The number of carbonyl (C=O) groups excluding carboxylic acids is 1. The average Bonchev–Trinajstić information content (AvgIpc) is 3.17. The van der Waals surface area contributed by atoms with E-state index in [0.717, 1.165) is 28.8 Å². The fraction of sp³-hybridized carbons (Fsp3) is 0.308. The summed E-state index contributed by atoms with van der Waals surface area (Å²) in [7, 11) is 0. The van der Waals surface area contributed by atoms with E-state index in [4.69, 9.17) is 13.9 Å². The monoisotopic (exact) mass is 473 g/mol. The molecule has 0 radical (unpaired) electrons. The molecule has 1 aromatic heterocycles. The van der Waals surface area contributed by atoms with Gasteiger partial charge in [-0.15, -0.1) is 0 Å². The smallest absolute Gasteiger partial charge is 0.416 e. The predicted octanol–water partition coefficient (Wildman–Crippen LogP) is 6.99. The first-order chi connectivity index (χ1) is 16.1. The van der Waals surface area contributed by atoms with Crippen molar-refractivity contribution in [3.63, 3.8) is 0 Å². The van der Waals surface area contributed by atoms with Gasteiger partial charge in [0.2, 0.25) is 5.89 Å². The first kappa shape index (κ1) is 25.1. The highest BCUT2D eigenvalue weighted by atomic mass is 19.4. The Labute approximate surface area is 196 Å². The van der Waals surface area contributed by atoms with Gasteiger partial charge in [0, 0.05) is 5.56 Å². The molecule has 0 unspecified atom stereocenters. The minimum Gasteiger partial charge on any atom is -0.487 e. The lowest BCUT2D eigenvalue weighted by Crippen LogP contribution is -2.04. The van der Waals surface area contributed by atoms with Crippen LogP contribution in [-0.4, -0.2) is 17.6 Å². The number of allylic oxidation sites excluding steroid dienone is 1. The molecule has 0 aliphatic heterocycles. The molecule has 34 heavy (non-hydrogen) atoms. The summed E-state index contributed by atoms with van der Waals surface area (Å²) in [5, 5.41) is 0. The van der Waals surface area contributed by atoms with Gasteiger partial charge in [0.1, 0.15) is 23.8 Å². The Bertz CT molecular complexity index is 1180. The summed E-state index contributed by atoms with van der Waals surface area (Å²) >= 11 is 0. The number of nitrogens with zero attached hydrogens (tertiary/aromatic N) is 1. The van der Waals surface area contributed by atoms with Crippen molar-refractivity contribution in [2.24, 2.45) is 0 Å². The molecule has 0 bridgehead atoms. The molecule has 180 valence electrons. The van der Waals surface area contributed by atoms with Crippen LogP contribution in [0.4, 0.5) is 13.2 Å². The maximum absolute atomic E-state index is 12.8.